The van der Waals surface area contributed by atoms with Crippen molar-refractivity contribution >= 4 is 11.7 Å². The maximum atomic E-state index is 12.0. The summed E-state index contributed by atoms with van der Waals surface area (Å²) in [4.78, 5) is 12.0. The monoisotopic (exact) mass is 290 g/mol. The fraction of sp³-hybridized carbons (Fsp3) is 0.588. The Bertz CT molecular complexity index is 477. The minimum Gasteiger partial charge on any atom is -0.393 e. The van der Waals surface area contributed by atoms with Gasteiger partial charge in [0.05, 0.1) is 6.10 Å². The highest BCUT2D eigenvalue weighted by atomic mass is 16.3. The molecule has 1 aliphatic rings. The Hall–Kier alpha value is -1.55. The van der Waals surface area contributed by atoms with Crippen molar-refractivity contribution in [1.29, 1.82) is 0 Å². The minimum absolute atomic E-state index is 0.0719. The predicted octanol–water partition coefficient (Wildman–Crippen LogP) is 3.41. The van der Waals surface area contributed by atoms with Gasteiger partial charge in [-0.15, -0.1) is 0 Å². The van der Waals surface area contributed by atoms with Crippen molar-refractivity contribution in [2.75, 3.05) is 5.32 Å². The standard InChI is InChI=1S/C17H26N2O2/c1-17(2,3)12-7-9-13(10-8-12)18-16(21)19-14-5-4-6-15(20)11-14/h7-10,14-15,20H,4-6,11H2,1-3H3,(H2,18,19,21)/t14-,15-/m1/s1. The third kappa shape index (κ3) is 4.74. The average Bonchev–Trinajstić information content (AvgIpc) is 2.38. The normalized spacial score (nSPS) is 22.7. The van der Waals surface area contributed by atoms with Crippen LogP contribution in [-0.2, 0) is 5.41 Å². The zero-order valence-electron chi connectivity index (χ0n) is 13.1. The van der Waals surface area contributed by atoms with Crippen molar-refractivity contribution in [3.05, 3.63) is 29.8 Å². The van der Waals surface area contributed by atoms with Crippen LogP contribution in [0.4, 0.5) is 10.5 Å². The molecular formula is C17H26N2O2. The van der Waals surface area contributed by atoms with Gasteiger partial charge >= 0.3 is 6.03 Å². The van der Waals surface area contributed by atoms with Crippen LogP contribution in [-0.4, -0.2) is 23.3 Å². The van der Waals surface area contributed by atoms with Crippen molar-refractivity contribution in [1.82, 2.24) is 5.32 Å². The summed E-state index contributed by atoms with van der Waals surface area (Å²) in [5.74, 6) is 0. The summed E-state index contributed by atoms with van der Waals surface area (Å²) in [6, 6.07) is 7.81. The second-order valence-electron chi connectivity index (χ2n) is 6.94. The van der Waals surface area contributed by atoms with E-state index in [1.807, 2.05) is 24.3 Å². The van der Waals surface area contributed by atoms with Gasteiger partial charge in [-0.1, -0.05) is 32.9 Å². The van der Waals surface area contributed by atoms with Crippen LogP contribution in [0, 0.1) is 0 Å². The van der Waals surface area contributed by atoms with Gasteiger partial charge in [-0.2, -0.15) is 0 Å². The molecule has 1 fully saturated rings. The summed E-state index contributed by atoms with van der Waals surface area (Å²) in [5.41, 5.74) is 2.14. The van der Waals surface area contributed by atoms with Gasteiger partial charge in [0.1, 0.15) is 0 Å². The van der Waals surface area contributed by atoms with Crippen LogP contribution in [0.1, 0.15) is 52.0 Å². The topological polar surface area (TPSA) is 61.4 Å². The molecule has 21 heavy (non-hydrogen) atoms. The first kappa shape index (κ1) is 15.8. The SMILES string of the molecule is CC(C)(C)c1ccc(NC(=O)N[C@@H]2CCC[C@@H](O)C2)cc1. The quantitative estimate of drug-likeness (QED) is 0.781. The summed E-state index contributed by atoms with van der Waals surface area (Å²) in [7, 11) is 0. The minimum atomic E-state index is -0.282. The van der Waals surface area contributed by atoms with Gasteiger partial charge in [0.15, 0.2) is 0 Å². The molecule has 0 aromatic heterocycles. The van der Waals surface area contributed by atoms with E-state index in [0.29, 0.717) is 6.42 Å². The summed E-state index contributed by atoms with van der Waals surface area (Å²) >= 11 is 0. The van der Waals surface area contributed by atoms with E-state index >= 15 is 0 Å². The number of benzene rings is 1. The molecule has 0 unspecified atom stereocenters. The van der Waals surface area contributed by atoms with Crippen LogP contribution in [0.3, 0.4) is 0 Å². The van der Waals surface area contributed by atoms with E-state index < -0.39 is 0 Å². The lowest BCUT2D eigenvalue weighted by Crippen LogP contribution is -2.41. The van der Waals surface area contributed by atoms with Crippen molar-refractivity contribution in [2.24, 2.45) is 0 Å². The molecule has 1 aromatic carbocycles. The second-order valence-corrected chi connectivity index (χ2v) is 6.94. The van der Waals surface area contributed by atoms with Crippen molar-refractivity contribution < 1.29 is 9.90 Å². The van der Waals surface area contributed by atoms with Gasteiger partial charge in [-0.3, -0.25) is 0 Å². The number of carbonyl (C=O) groups is 1. The molecule has 0 saturated heterocycles. The summed E-state index contributed by atoms with van der Waals surface area (Å²) in [6.07, 6.45) is 3.11. The highest BCUT2D eigenvalue weighted by Gasteiger charge is 2.21. The van der Waals surface area contributed by atoms with Crippen LogP contribution >= 0.6 is 0 Å². The van der Waals surface area contributed by atoms with Crippen LogP contribution in [0.5, 0.6) is 0 Å². The molecule has 1 saturated carbocycles. The van der Waals surface area contributed by atoms with Crippen LogP contribution in [0.25, 0.3) is 0 Å². The van der Waals surface area contributed by atoms with Gasteiger partial charge in [0, 0.05) is 11.7 Å². The lowest BCUT2D eigenvalue weighted by molar-refractivity contribution is 0.114. The van der Waals surface area contributed by atoms with E-state index in [0.717, 1.165) is 24.9 Å². The maximum absolute atomic E-state index is 12.0. The summed E-state index contributed by atoms with van der Waals surface area (Å²) in [5, 5.41) is 15.4. The van der Waals surface area contributed by atoms with E-state index in [1.165, 1.54) is 5.56 Å². The van der Waals surface area contributed by atoms with Crippen LogP contribution in [0.2, 0.25) is 0 Å². The predicted molar refractivity (Wildman–Crippen MR) is 85.6 cm³/mol. The first-order valence-electron chi connectivity index (χ1n) is 7.71. The van der Waals surface area contributed by atoms with Gasteiger partial charge in [-0.05, 0) is 48.8 Å². The van der Waals surface area contributed by atoms with Gasteiger partial charge in [0.2, 0.25) is 0 Å². The molecule has 116 valence electrons. The number of urea groups is 1. The Balaban J connectivity index is 1.87. The van der Waals surface area contributed by atoms with E-state index in [9.17, 15) is 9.90 Å². The molecule has 2 amide bonds. The number of carbonyl (C=O) groups excluding carboxylic acids is 1. The first-order valence-corrected chi connectivity index (χ1v) is 7.71. The zero-order valence-corrected chi connectivity index (χ0v) is 13.1. The Kier molecular flexibility index (Phi) is 4.88. The number of anilines is 1. The molecule has 4 nitrogen and oxygen atoms in total. The molecule has 0 bridgehead atoms. The number of rotatable bonds is 2. The molecule has 3 N–H and O–H groups in total. The molecule has 0 spiro atoms. The third-order valence-electron chi connectivity index (χ3n) is 3.99. The maximum Gasteiger partial charge on any atom is 0.319 e. The van der Waals surface area contributed by atoms with Gasteiger partial charge in [0.25, 0.3) is 0 Å². The Labute approximate surface area is 126 Å². The lowest BCUT2D eigenvalue weighted by Gasteiger charge is -2.26. The van der Waals surface area contributed by atoms with E-state index in [-0.39, 0.29) is 23.6 Å². The van der Waals surface area contributed by atoms with Crippen LogP contribution in [0.15, 0.2) is 24.3 Å². The molecule has 1 aromatic rings. The summed E-state index contributed by atoms with van der Waals surface area (Å²) in [6.45, 7) is 6.49. The Morgan fingerprint density at radius 1 is 1.19 bits per heavy atom. The van der Waals surface area contributed by atoms with Crippen molar-refractivity contribution in [3.63, 3.8) is 0 Å². The van der Waals surface area contributed by atoms with E-state index in [1.54, 1.807) is 0 Å². The number of aliphatic hydroxyl groups is 1. The highest BCUT2D eigenvalue weighted by molar-refractivity contribution is 5.89. The molecule has 2 atom stereocenters. The van der Waals surface area contributed by atoms with Crippen molar-refractivity contribution in [2.45, 2.75) is 64.0 Å². The summed E-state index contributed by atoms with van der Waals surface area (Å²) < 4.78 is 0. The third-order valence-corrected chi connectivity index (χ3v) is 3.99. The molecular weight excluding hydrogens is 264 g/mol. The number of aliphatic hydroxyl groups excluding tert-OH is 1. The number of hydrogen-bond donors (Lipinski definition) is 3. The average molecular weight is 290 g/mol. The van der Waals surface area contributed by atoms with Crippen LogP contribution < -0.4 is 10.6 Å². The largest absolute Gasteiger partial charge is 0.393 e. The molecule has 1 aliphatic carbocycles. The van der Waals surface area contributed by atoms with E-state index in [2.05, 4.69) is 31.4 Å². The molecule has 0 radical (unpaired) electrons. The Morgan fingerprint density at radius 2 is 1.86 bits per heavy atom. The lowest BCUT2D eigenvalue weighted by atomic mass is 9.87. The van der Waals surface area contributed by atoms with Gasteiger partial charge < -0.3 is 15.7 Å². The molecule has 0 heterocycles. The first-order chi connectivity index (χ1) is 9.84. The number of hydrogen-bond acceptors (Lipinski definition) is 2. The molecule has 4 heteroatoms. The van der Waals surface area contributed by atoms with Gasteiger partial charge in [-0.25, -0.2) is 4.79 Å². The fourth-order valence-electron chi connectivity index (χ4n) is 2.70. The second kappa shape index (κ2) is 6.48. The van der Waals surface area contributed by atoms with E-state index in [4.69, 9.17) is 0 Å². The fourth-order valence-corrected chi connectivity index (χ4v) is 2.70. The molecule has 0 aliphatic heterocycles. The smallest absolute Gasteiger partial charge is 0.319 e. The Morgan fingerprint density at radius 3 is 2.43 bits per heavy atom. The zero-order chi connectivity index (χ0) is 15.5. The number of nitrogens with one attached hydrogen (secondary N) is 2. The van der Waals surface area contributed by atoms with Crippen molar-refractivity contribution in [3.8, 4) is 0 Å². The number of amides is 2. The highest BCUT2D eigenvalue weighted by Crippen LogP contribution is 2.23. The molecule has 2 rings (SSSR count).